The quantitative estimate of drug-likeness (QED) is 0.563. The molecule has 0 spiro atoms. The largest absolute Gasteiger partial charge is 0.493 e. The fourth-order valence-electron chi connectivity index (χ4n) is 2.58. The lowest BCUT2D eigenvalue weighted by molar-refractivity contribution is -0.118. The number of hydrogen-bond acceptors (Lipinski definition) is 6. The number of amides is 1. The summed E-state index contributed by atoms with van der Waals surface area (Å²) in [5.41, 5.74) is 2.14. The number of carbonyl (C=O) groups is 2. The Hall–Kier alpha value is -3.87. The van der Waals surface area contributed by atoms with Gasteiger partial charge in [0.2, 0.25) is 0 Å². The highest BCUT2D eigenvalue weighted by Crippen LogP contribution is 2.25. The number of hydrogen-bond donors (Lipinski definition) is 2. The number of carbonyl (C=O) groups excluding carboxylic acids is 2. The molecule has 1 aromatic heterocycles. The van der Waals surface area contributed by atoms with Gasteiger partial charge in [-0.05, 0) is 43.3 Å². The third-order valence-corrected chi connectivity index (χ3v) is 4.02. The maximum atomic E-state index is 12.1. The Balaban J connectivity index is 1.55. The Morgan fingerprint density at radius 2 is 1.76 bits per heavy atom. The first-order valence-electron chi connectivity index (χ1n) is 8.95. The summed E-state index contributed by atoms with van der Waals surface area (Å²) in [7, 11) is 1.54. The van der Waals surface area contributed by atoms with Gasteiger partial charge in [-0.1, -0.05) is 24.3 Å². The van der Waals surface area contributed by atoms with Gasteiger partial charge in [0.05, 0.1) is 19.0 Å². The molecule has 1 amide bonds. The number of nitrogens with zero attached hydrogens (tertiary/aromatic N) is 1. The number of ketones is 1. The molecule has 3 rings (SSSR count). The van der Waals surface area contributed by atoms with Crippen LogP contribution in [0, 0.1) is 0 Å². The van der Waals surface area contributed by atoms with Crippen LogP contribution in [0.25, 0.3) is 0 Å². The highest BCUT2D eigenvalue weighted by molar-refractivity contribution is 5.95. The van der Waals surface area contributed by atoms with Gasteiger partial charge in [-0.25, -0.2) is 4.98 Å². The van der Waals surface area contributed by atoms with E-state index in [1.54, 1.807) is 48.7 Å². The molecule has 0 unspecified atom stereocenters. The monoisotopic (exact) mass is 391 g/mol. The second kappa shape index (κ2) is 9.36. The molecule has 148 valence electrons. The van der Waals surface area contributed by atoms with Crippen molar-refractivity contribution in [2.24, 2.45) is 0 Å². The topological polar surface area (TPSA) is 89.5 Å². The molecular formula is C22H21N3O4. The van der Waals surface area contributed by atoms with E-state index in [1.165, 1.54) is 14.0 Å². The van der Waals surface area contributed by atoms with Gasteiger partial charge in [-0.3, -0.25) is 9.59 Å². The average molecular weight is 391 g/mol. The molecule has 0 aliphatic heterocycles. The zero-order valence-electron chi connectivity index (χ0n) is 16.1. The van der Waals surface area contributed by atoms with Crippen LogP contribution >= 0.6 is 0 Å². The first-order valence-corrected chi connectivity index (χ1v) is 8.95. The lowest BCUT2D eigenvalue weighted by atomic mass is 10.1. The van der Waals surface area contributed by atoms with Gasteiger partial charge in [-0.2, -0.15) is 0 Å². The Morgan fingerprint density at radius 3 is 2.45 bits per heavy atom. The van der Waals surface area contributed by atoms with Crippen molar-refractivity contribution in [3.63, 3.8) is 0 Å². The third-order valence-electron chi connectivity index (χ3n) is 4.02. The smallest absolute Gasteiger partial charge is 0.263 e. The number of nitrogens with one attached hydrogen (secondary N) is 2. The number of Topliss-reactive ketones (excluding diaryl/α,β-unsaturated/α-hetero) is 1. The van der Waals surface area contributed by atoms with Crippen molar-refractivity contribution in [2.75, 3.05) is 24.4 Å². The zero-order chi connectivity index (χ0) is 20.6. The van der Waals surface area contributed by atoms with E-state index in [1.807, 2.05) is 18.2 Å². The summed E-state index contributed by atoms with van der Waals surface area (Å²) in [6.45, 7) is 1.36. The molecule has 0 aliphatic rings. The molecule has 3 aromatic rings. The zero-order valence-corrected chi connectivity index (χ0v) is 16.1. The Bertz CT molecular complexity index is 1000. The SMILES string of the molecule is COc1ccccc1OCC(=O)Nc1ccc(Nc2cccc(C(C)=O)c2)cn1. The molecule has 0 bridgehead atoms. The lowest BCUT2D eigenvalue weighted by Gasteiger charge is -2.11. The average Bonchev–Trinajstić information content (AvgIpc) is 2.74. The number of aromatic nitrogens is 1. The molecule has 0 fully saturated rings. The third kappa shape index (κ3) is 5.55. The van der Waals surface area contributed by atoms with Crippen LogP contribution in [0.3, 0.4) is 0 Å². The van der Waals surface area contributed by atoms with Crippen LogP contribution in [-0.2, 0) is 4.79 Å². The molecule has 0 saturated heterocycles. The summed E-state index contributed by atoms with van der Waals surface area (Å²) < 4.78 is 10.7. The molecule has 2 N–H and O–H groups in total. The van der Waals surface area contributed by atoms with Crippen LogP contribution in [0.4, 0.5) is 17.2 Å². The molecule has 7 nitrogen and oxygen atoms in total. The van der Waals surface area contributed by atoms with E-state index in [0.717, 1.165) is 11.4 Å². The van der Waals surface area contributed by atoms with Crippen molar-refractivity contribution in [1.82, 2.24) is 4.98 Å². The van der Waals surface area contributed by atoms with Crippen LogP contribution in [-0.4, -0.2) is 30.4 Å². The minimum atomic E-state index is -0.335. The van der Waals surface area contributed by atoms with Gasteiger partial charge in [0, 0.05) is 11.3 Å². The molecule has 0 atom stereocenters. The Labute approximate surface area is 168 Å². The highest BCUT2D eigenvalue weighted by Gasteiger charge is 2.08. The summed E-state index contributed by atoms with van der Waals surface area (Å²) in [5, 5.41) is 5.85. The first-order chi connectivity index (χ1) is 14.0. The molecule has 29 heavy (non-hydrogen) atoms. The molecule has 7 heteroatoms. The molecule has 0 radical (unpaired) electrons. The summed E-state index contributed by atoms with van der Waals surface area (Å²) >= 11 is 0. The maximum absolute atomic E-state index is 12.1. The van der Waals surface area contributed by atoms with E-state index in [-0.39, 0.29) is 18.3 Å². The van der Waals surface area contributed by atoms with Crippen molar-refractivity contribution in [2.45, 2.75) is 6.92 Å². The van der Waals surface area contributed by atoms with Crippen LogP contribution < -0.4 is 20.1 Å². The number of para-hydroxylation sites is 2. The van der Waals surface area contributed by atoms with Crippen LogP contribution in [0.15, 0.2) is 66.9 Å². The van der Waals surface area contributed by atoms with Crippen molar-refractivity contribution in [3.05, 3.63) is 72.4 Å². The van der Waals surface area contributed by atoms with Crippen LogP contribution in [0.2, 0.25) is 0 Å². The number of methoxy groups -OCH3 is 1. The van der Waals surface area contributed by atoms with Gasteiger partial charge < -0.3 is 20.1 Å². The molecule has 0 saturated carbocycles. The highest BCUT2D eigenvalue weighted by atomic mass is 16.5. The molecule has 1 heterocycles. The van der Waals surface area contributed by atoms with Gasteiger partial charge in [0.1, 0.15) is 5.82 Å². The van der Waals surface area contributed by atoms with E-state index in [2.05, 4.69) is 15.6 Å². The van der Waals surface area contributed by atoms with Crippen molar-refractivity contribution in [1.29, 1.82) is 0 Å². The van der Waals surface area contributed by atoms with Crippen molar-refractivity contribution >= 4 is 28.9 Å². The van der Waals surface area contributed by atoms with E-state index in [4.69, 9.17) is 9.47 Å². The van der Waals surface area contributed by atoms with Crippen molar-refractivity contribution < 1.29 is 19.1 Å². The number of benzene rings is 2. The predicted molar refractivity (Wildman–Crippen MR) is 111 cm³/mol. The fraction of sp³-hybridized carbons (Fsp3) is 0.136. The van der Waals surface area contributed by atoms with Crippen LogP contribution in [0.5, 0.6) is 11.5 Å². The molecule has 0 aliphatic carbocycles. The number of rotatable bonds is 8. The predicted octanol–water partition coefficient (Wildman–Crippen LogP) is 4.05. The number of anilines is 3. The minimum Gasteiger partial charge on any atom is -0.493 e. The van der Waals surface area contributed by atoms with Crippen LogP contribution in [0.1, 0.15) is 17.3 Å². The maximum Gasteiger partial charge on any atom is 0.263 e. The molecular weight excluding hydrogens is 370 g/mol. The first kappa shape index (κ1) is 19.9. The number of ether oxygens (including phenoxy) is 2. The standard InChI is InChI=1S/C22H21N3O4/c1-15(26)16-6-5-7-17(12-16)24-18-10-11-21(23-13-18)25-22(27)14-29-20-9-4-3-8-19(20)28-2/h3-13,24H,14H2,1-2H3,(H,23,25,27). The summed E-state index contributed by atoms with van der Waals surface area (Å²) in [4.78, 5) is 27.8. The second-order valence-electron chi connectivity index (χ2n) is 6.18. The Kier molecular flexibility index (Phi) is 6.42. The summed E-state index contributed by atoms with van der Waals surface area (Å²) in [5.74, 6) is 1.12. The lowest BCUT2D eigenvalue weighted by Crippen LogP contribution is -2.20. The van der Waals surface area contributed by atoms with E-state index in [0.29, 0.717) is 22.9 Å². The van der Waals surface area contributed by atoms with Gasteiger partial charge in [-0.15, -0.1) is 0 Å². The van der Waals surface area contributed by atoms with E-state index in [9.17, 15) is 9.59 Å². The van der Waals surface area contributed by atoms with Gasteiger partial charge in [0.25, 0.3) is 5.91 Å². The van der Waals surface area contributed by atoms with Gasteiger partial charge >= 0.3 is 0 Å². The second-order valence-corrected chi connectivity index (χ2v) is 6.18. The Morgan fingerprint density at radius 1 is 0.966 bits per heavy atom. The summed E-state index contributed by atoms with van der Waals surface area (Å²) in [6, 6.07) is 17.8. The van der Waals surface area contributed by atoms with E-state index < -0.39 is 0 Å². The normalized spacial score (nSPS) is 10.1. The van der Waals surface area contributed by atoms with Gasteiger partial charge in [0.15, 0.2) is 23.9 Å². The fourth-order valence-corrected chi connectivity index (χ4v) is 2.58. The summed E-state index contributed by atoms with van der Waals surface area (Å²) in [6.07, 6.45) is 1.59. The number of pyridine rings is 1. The molecule has 2 aromatic carbocycles. The van der Waals surface area contributed by atoms with E-state index >= 15 is 0 Å². The minimum absolute atomic E-state index is 0.000164. The van der Waals surface area contributed by atoms with Crippen molar-refractivity contribution in [3.8, 4) is 11.5 Å².